The van der Waals surface area contributed by atoms with Crippen LogP contribution in [0.25, 0.3) is 0 Å². The van der Waals surface area contributed by atoms with Crippen LogP contribution in [0.1, 0.15) is 69.6 Å². The Kier molecular flexibility index (Phi) is 6.26. The van der Waals surface area contributed by atoms with Crippen LogP contribution in [-0.4, -0.2) is 35.5 Å². The van der Waals surface area contributed by atoms with E-state index in [1.54, 1.807) is 4.90 Å². The standard InChI is InChI=1S/C28H37N3O2/c1-20-12-14-22(15-13-20)31-26(33)30(19-28(31)16-7-6-8-17-28)18-24(32)29-25-21(2)10-9-11-23(25)27(3,4)5/h9-15H,6-8,16-19H2,1-5H3,(H,29,32). The number of anilines is 2. The summed E-state index contributed by atoms with van der Waals surface area (Å²) in [7, 11) is 0. The maximum absolute atomic E-state index is 13.6. The zero-order valence-electron chi connectivity index (χ0n) is 20.7. The second-order valence-corrected chi connectivity index (χ2v) is 10.9. The molecule has 1 saturated heterocycles. The van der Waals surface area contributed by atoms with Crippen LogP contribution >= 0.6 is 0 Å². The van der Waals surface area contributed by atoms with Crippen molar-refractivity contribution < 1.29 is 9.59 Å². The Morgan fingerprint density at radius 3 is 2.30 bits per heavy atom. The third kappa shape index (κ3) is 4.64. The molecular weight excluding hydrogens is 410 g/mol. The Morgan fingerprint density at radius 2 is 1.67 bits per heavy atom. The lowest BCUT2D eigenvalue weighted by molar-refractivity contribution is -0.116. The molecule has 2 fully saturated rings. The maximum Gasteiger partial charge on any atom is 0.325 e. The van der Waals surface area contributed by atoms with E-state index in [2.05, 4.69) is 51.2 Å². The number of hydrogen-bond donors (Lipinski definition) is 1. The fourth-order valence-corrected chi connectivity index (χ4v) is 5.44. The Bertz CT molecular complexity index is 1030. The second-order valence-electron chi connectivity index (χ2n) is 10.9. The molecule has 1 heterocycles. The Labute approximate surface area is 198 Å². The van der Waals surface area contributed by atoms with Gasteiger partial charge in [0.25, 0.3) is 0 Å². The second kappa shape index (κ2) is 8.85. The third-order valence-corrected chi connectivity index (χ3v) is 7.18. The first-order chi connectivity index (χ1) is 15.6. The van der Waals surface area contributed by atoms with Crippen molar-refractivity contribution in [3.05, 3.63) is 59.2 Å². The predicted octanol–water partition coefficient (Wildman–Crippen LogP) is 6.18. The summed E-state index contributed by atoms with van der Waals surface area (Å²) < 4.78 is 0. The highest BCUT2D eigenvalue weighted by Gasteiger charge is 2.50. The van der Waals surface area contributed by atoms with Crippen molar-refractivity contribution in [2.24, 2.45) is 0 Å². The molecule has 1 N–H and O–H groups in total. The number of urea groups is 1. The van der Waals surface area contributed by atoms with Crippen LogP contribution in [0.4, 0.5) is 16.2 Å². The topological polar surface area (TPSA) is 52.7 Å². The molecule has 2 aliphatic rings. The summed E-state index contributed by atoms with van der Waals surface area (Å²) in [6.45, 7) is 11.2. The number of rotatable bonds is 4. The summed E-state index contributed by atoms with van der Waals surface area (Å²) >= 11 is 0. The molecule has 33 heavy (non-hydrogen) atoms. The first-order valence-corrected chi connectivity index (χ1v) is 12.2. The average molecular weight is 448 g/mol. The van der Waals surface area contributed by atoms with Gasteiger partial charge in [-0.25, -0.2) is 4.79 Å². The molecule has 2 aromatic carbocycles. The van der Waals surface area contributed by atoms with E-state index < -0.39 is 0 Å². The van der Waals surface area contributed by atoms with Crippen molar-refractivity contribution in [3.63, 3.8) is 0 Å². The van der Waals surface area contributed by atoms with E-state index in [1.165, 1.54) is 12.0 Å². The van der Waals surface area contributed by atoms with E-state index in [1.807, 2.05) is 36.1 Å². The molecule has 0 atom stereocenters. The van der Waals surface area contributed by atoms with E-state index in [4.69, 9.17) is 0 Å². The largest absolute Gasteiger partial charge is 0.325 e. The third-order valence-electron chi connectivity index (χ3n) is 7.18. The predicted molar refractivity (Wildman–Crippen MR) is 135 cm³/mol. The molecule has 0 radical (unpaired) electrons. The maximum atomic E-state index is 13.6. The van der Waals surface area contributed by atoms with Crippen molar-refractivity contribution in [2.75, 3.05) is 23.3 Å². The lowest BCUT2D eigenvalue weighted by Gasteiger charge is -2.40. The van der Waals surface area contributed by atoms with Gasteiger partial charge in [-0.15, -0.1) is 0 Å². The molecule has 3 amide bonds. The van der Waals surface area contributed by atoms with Gasteiger partial charge < -0.3 is 10.2 Å². The van der Waals surface area contributed by atoms with Crippen LogP contribution in [0, 0.1) is 13.8 Å². The highest BCUT2D eigenvalue weighted by molar-refractivity contribution is 6.01. The molecule has 5 heteroatoms. The molecule has 5 nitrogen and oxygen atoms in total. The van der Waals surface area contributed by atoms with Gasteiger partial charge in [-0.3, -0.25) is 9.69 Å². The number of para-hydroxylation sites is 1. The molecule has 2 aromatic rings. The minimum Gasteiger partial charge on any atom is -0.324 e. The van der Waals surface area contributed by atoms with Crippen molar-refractivity contribution in [1.82, 2.24) is 4.90 Å². The van der Waals surface area contributed by atoms with Crippen molar-refractivity contribution in [3.8, 4) is 0 Å². The summed E-state index contributed by atoms with van der Waals surface area (Å²) in [6, 6.07) is 14.2. The van der Waals surface area contributed by atoms with Gasteiger partial charge in [-0.1, -0.05) is 75.9 Å². The van der Waals surface area contributed by atoms with Gasteiger partial charge in [-0.2, -0.15) is 0 Å². The van der Waals surface area contributed by atoms with Gasteiger partial charge in [0.1, 0.15) is 6.54 Å². The minimum atomic E-state index is -0.218. The Morgan fingerprint density at radius 1 is 1.00 bits per heavy atom. The molecule has 1 aliphatic carbocycles. The summed E-state index contributed by atoms with van der Waals surface area (Å²) in [5, 5.41) is 3.13. The highest BCUT2D eigenvalue weighted by Crippen LogP contribution is 2.42. The first-order valence-electron chi connectivity index (χ1n) is 12.2. The van der Waals surface area contributed by atoms with Crippen LogP contribution in [0.5, 0.6) is 0 Å². The van der Waals surface area contributed by atoms with Gasteiger partial charge in [0, 0.05) is 17.9 Å². The van der Waals surface area contributed by atoms with E-state index in [0.29, 0.717) is 6.54 Å². The van der Waals surface area contributed by atoms with Crippen LogP contribution in [0.2, 0.25) is 0 Å². The number of aryl methyl sites for hydroxylation is 2. The van der Waals surface area contributed by atoms with Crippen LogP contribution in [0.3, 0.4) is 0 Å². The summed E-state index contributed by atoms with van der Waals surface area (Å²) in [5.41, 5.74) is 4.81. The van der Waals surface area contributed by atoms with Crippen LogP contribution < -0.4 is 10.2 Å². The highest BCUT2D eigenvalue weighted by atomic mass is 16.2. The minimum absolute atomic E-state index is 0.0586. The van der Waals surface area contributed by atoms with Gasteiger partial charge in [0.2, 0.25) is 5.91 Å². The van der Waals surface area contributed by atoms with Gasteiger partial charge in [0.05, 0.1) is 5.54 Å². The average Bonchev–Trinajstić information content (AvgIpc) is 3.00. The number of benzene rings is 2. The number of nitrogens with one attached hydrogen (secondary N) is 1. The monoisotopic (exact) mass is 447 g/mol. The smallest absolute Gasteiger partial charge is 0.324 e. The quantitative estimate of drug-likeness (QED) is 0.608. The number of hydrogen-bond acceptors (Lipinski definition) is 2. The summed E-state index contributed by atoms with van der Waals surface area (Å²) in [4.78, 5) is 30.5. The van der Waals surface area contributed by atoms with E-state index in [9.17, 15) is 9.59 Å². The van der Waals surface area contributed by atoms with Crippen molar-refractivity contribution >= 4 is 23.3 Å². The molecule has 1 aliphatic heterocycles. The van der Waals surface area contributed by atoms with Gasteiger partial charge in [-0.05, 0) is 55.4 Å². The summed E-state index contributed by atoms with van der Waals surface area (Å²) in [5.74, 6) is -0.139. The molecule has 0 unspecified atom stereocenters. The van der Waals surface area contributed by atoms with Crippen LogP contribution in [-0.2, 0) is 10.2 Å². The first kappa shape index (κ1) is 23.3. The van der Waals surface area contributed by atoms with E-state index in [-0.39, 0.29) is 29.4 Å². The molecule has 0 aromatic heterocycles. The molecule has 176 valence electrons. The number of carbonyl (C=O) groups is 2. The Balaban J connectivity index is 1.57. The normalized spacial score (nSPS) is 18.2. The molecule has 0 bridgehead atoms. The molecule has 1 saturated carbocycles. The lowest BCUT2D eigenvalue weighted by Crippen LogP contribution is -2.48. The fourth-order valence-electron chi connectivity index (χ4n) is 5.44. The van der Waals surface area contributed by atoms with Gasteiger partial charge in [0.15, 0.2) is 0 Å². The van der Waals surface area contributed by atoms with E-state index in [0.717, 1.165) is 48.2 Å². The van der Waals surface area contributed by atoms with E-state index >= 15 is 0 Å². The van der Waals surface area contributed by atoms with Crippen LogP contribution in [0.15, 0.2) is 42.5 Å². The number of amides is 3. The molecule has 4 rings (SSSR count). The summed E-state index contributed by atoms with van der Waals surface area (Å²) in [6.07, 6.45) is 5.41. The van der Waals surface area contributed by atoms with Crippen molar-refractivity contribution in [2.45, 2.75) is 77.7 Å². The zero-order valence-corrected chi connectivity index (χ0v) is 20.7. The van der Waals surface area contributed by atoms with Crippen molar-refractivity contribution in [1.29, 1.82) is 0 Å². The Hall–Kier alpha value is -2.82. The number of nitrogens with zero attached hydrogens (tertiary/aromatic N) is 2. The molecule has 1 spiro atoms. The molecular formula is C28H37N3O2. The van der Waals surface area contributed by atoms with Gasteiger partial charge >= 0.3 is 6.03 Å². The number of carbonyl (C=O) groups excluding carboxylic acids is 2. The fraction of sp³-hybridized carbons (Fsp3) is 0.500. The SMILES string of the molecule is Cc1ccc(N2C(=O)N(CC(=O)Nc3c(C)cccc3C(C)(C)C)CC23CCCCC3)cc1. The lowest BCUT2D eigenvalue weighted by atomic mass is 9.81. The zero-order chi connectivity index (χ0) is 23.8.